The number of nitrogens with zero attached hydrogens (tertiary/aromatic N) is 3. The highest BCUT2D eigenvalue weighted by Crippen LogP contribution is 2.31. The Morgan fingerprint density at radius 1 is 1.21 bits per heavy atom. The molecule has 2 aromatic carbocycles. The van der Waals surface area contributed by atoms with Crippen LogP contribution >= 0.6 is 11.6 Å². The first-order chi connectivity index (χ1) is 13.8. The lowest BCUT2D eigenvalue weighted by atomic mass is 10.0. The highest BCUT2D eigenvalue weighted by atomic mass is 35.5. The van der Waals surface area contributed by atoms with Gasteiger partial charge >= 0.3 is 5.97 Å². The van der Waals surface area contributed by atoms with Crippen LogP contribution in [0.5, 0.6) is 0 Å². The van der Waals surface area contributed by atoms with Crippen molar-refractivity contribution >= 4 is 34.3 Å². The van der Waals surface area contributed by atoms with Crippen molar-refractivity contribution in [2.45, 2.75) is 12.0 Å². The van der Waals surface area contributed by atoms with Gasteiger partial charge in [0.1, 0.15) is 12.1 Å². The van der Waals surface area contributed by atoms with Gasteiger partial charge in [-0.15, -0.1) is 0 Å². The number of carboxylic acids is 1. The zero-order chi connectivity index (χ0) is 20.6. The number of likely N-dealkylation sites (tertiary alicyclic amines) is 1. The fourth-order valence-electron chi connectivity index (χ4n) is 3.46. The standard InChI is InChI=1S/C20H17ClF2N4O2/c21-13-6-4-12(5-7-13)16(8-27-9-20(22,23)10-27)26-18-14-2-1-3-15(19(28)29)17(14)24-11-25-18/h1-7,11,16H,8-10H2,(H,28,29)(H,24,25,26)/t16-/m1/s1. The van der Waals surface area contributed by atoms with Crippen LogP contribution in [0, 0.1) is 0 Å². The first-order valence-corrected chi connectivity index (χ1v) is 9.29. The molecule has 0 unspecified atom stereocenters. The van der Waals surface area contributed by atoms with E-state index in [2.05, 4.69) is 15.3 Å². The maximum Gasteiger partial charge on any atom is 0.337 e. The number of hydrogen-bond donors (Lipinski definition) is 2. The van der Waals surface area contributed by atoms with E-state index < -0.39 is 11.9 Å². The van der Waals surface area contributed by atoms with E-state index in [0.717, 1.165) is 5.56 Å². The highest BCUT2D eigenvalue weighted by molar-refractivity contribution is 6.30. The van der Waals surface area contributed by atoms with E-state index in [-0.39, 0.29) is 24.7 Å². The first-order valence-electron chi connectivity index (χ1n) is 8.92. The molecule has 1 aliphatic heterocycles. The summed E-state index contributed by atoms with van der Waals surface area (Å²) in [5.41, 5.74) is 1.23. The molecular formula is C20H17ClF2N4O2. The van der Waals surface area contributed by atoms with Crippen LogP contribution in [-0.2, 0) is 0 Å². The number of hydrogen-bond acceptors (Lipinski definition) is 5. The lowest BCUT2D eigenvalue weighted by molar-refractivity contribution is -0.131. The molecule has 0 saturated carbocycles. The van der Waals surface area contributed by atoms with E-state index >= 15 is 0 Å². The number of rotatable bonds is 6. The molecule has 1 atom stereocenters. The monoisotopic (exact) mass is 418 g/mol. The summed E-state index contributed by atoms with van der Waals surface area (Å²) in [5, 5.41) is 13.8. The van der Waals surface area contributed by atoms with Gasteiger partial charge in [0.15, 0.2) is 0 Å². The normalized spacial score (nSPS) is 16.9. The van der Waals surface area contributed by atoms with E-state index in [1.165, 1.54) is 12.4 Å². The summed E-state index contributed by atoms with van der Waals surface area (Å²) in [6, 6.07) is 11.6. The van der Waals surface area contributed by atoms with Crippen LogP contribution in [0.2, 0.25) is 5.02 Å². The highest BCUT2D eigenvalue weighted by Gasteiger charge is 2.44. The zero-order valence-electron chi connectivity index (χ0n) is 15.1. The summed E-state index contributed by atoms with van der Waals surface area (Å²) in [4.78, 5) is 21.5. The van der Waals surface area contributed by atoms with Crippen molar-refractivity contribution in [3.05, 3.63) is 64.9 Å². The molecule has 0 amide bonds. The molecule has 3 aromatic rings. The number of alkyl halides is 2. The SMILES string of the molecule is O=C(O)c1cccc2c(N[C@H](CN3CC(F)(F)C3)c3ccc(Cl)cc3)ncnc12. The van der Waals surface area contributed by atoms with Crippen molar-refractivity contribution in [3.63, 3.8) is 0 Å². The van der Waals surface area contributed by atoms with Crippen LogP contribution in [0.4, 0.5) is 14.6 Å². The van der Waals surface area contributed by atoms with Crippen molar-refractivity contribution in [3.8, 4) is 0 Å². The lowest BCUT2D eigenvalue weighted by Crippen LogP contribution is -2.57. The molecule has 0 radical (unpaired) electrons. The minimum Gasteiger partial charge on any atom is -0.478 e. The minimum absolute atomic E-state index is 0.0679. The number of benzene rings is 2. The molecule has 2 heterocycles. The molecular weight excluding hydrogens is 402 g/mol. The van der Waals surface area contributed by atoms with Crippen molar-refractivity contribution in [1.29, 1.82) is 0 Å². The lowest BCUT2D eigenvalue weighted by Gasteiger charge is -2.40. The molecule has 6 nitrogen and oxygen atoms in total. The van der Waals surface area contributed by atoms with Crippen LogP contribution in [-0.4, -0.2) is 51.5 Å². The number of carbonyl (C=O) groups is 1. The topological polar surface area (TPSA) is 78.4 Å². The molecule has 2 N–H and O–H groups in total. The number of anilines is 1. The van der Waals surface area contributed by atoms with Gasteiger partial charge in [0, 0.05) is 17.0 Å². The maximum absolute atomic E-state index is 13.3. The minimum atomic E-state index is -2.66. The smallest absolute Gasteiger partial charge is 0.337 e. The molecule has 29 heavy (non-hydrogen) atoms. The molecule has 150 valence electrons. The fourth-order valence-corrected chi connectivity index (χ4v) is 3.59. The Bertz CT molecular complexity index is 1050. The van der Waals surface area contributed by atoms with Crippen molar-refractivity contribution < 1.29 is 18.7 Å². The predicted molar refractivity (Wildman–Crippen MR) is 106 cm³/mol. The van der Waals surface area contributed by atoms with Gasteiger partial charge in [-0.2, -0.15) is 0 Å². The van der Waals surface area contributed by atoms with Gasteiger partial charge in [-0.25, -0.2) is 23.5 Å². The molecule has 1 saturated heterocycles. The average molecular weight is 419 g/mol. The van der Waals surface area contributed by atoms with Gasteiger partial charge in [-0.05, 0) is 29.8 Å². The summed E-state index contributed by atoms with van der Waals surface area (Å²) in [5.74, 6) is -3.31. The number of carboxylic acid groups (broad SMARTS) is 1. The second-order valence-electron chi connectivity index (χ2n) is 7.00. The number of nitrogens with one attached hydrogen (secondary N) is 1. The van der Waals surface area contributed by atoms with Crippen molar-refractivity contribution in [1.82, 2.24) is 14.9 Å². The van der Waals surface area contributed by atoms with Gasteiger partial charge < -0.3 is 10.4 Å². The molecule has 0 spiro atoms. The summed E-state index contributed by atoms with van der Waals surface area (Å²) in [6.07, 6.45) is 1.29. The Morgan fingerprint density at radius 2 is 1.93 bits per heavy atom. The van der Waals surface area contributed by atoms with Gasteiger partial charge in [-0.1, -0.05) is 29.8 Å². The van der Waals surface area contributed by atoms with Gasteiger partial charge in [0.2, 0.25) is 0 Å². The second-order valence-corrected chi connectivity index (χ2v) is 7.44. The Morgan fingerprint density at radius 3 is 2.59 bits per heavy atom. The maximum atomic E-state index is 13.3. The van der Waals surface area contributed by atoms with E-state index in [1.54, 1.807) is 29.2 Å². The third-order valence-electron chi connectivity index (χ3n) is 4.83. The fraction of sp³-hybridized carbons (Fsp3) is 0.250. The summed E-state index contributed by atoms with van der Waals surface area (Å²) < 4.78 is 26.6. The average Bonchev–Trinajstić information content (AvgIpc) is 2.66. The first kappa shape index (κ1) is 19.5. The third kappa shape index (κ3) is 4.13. The van der Waals surface area contributed by atoms with Gasteiger partial charge in [0.05, 0.1) is 30.2 Å². The predicted octanol–water partition coefficient (Wildman–Crippen LogP) is 4.09. The molecule has 1 aliphatic rings. The number of fused-ring (bicyclic) bond motifs is 1. The Kier molecular flexibility index (Phi) is 5.06. The molecule has 4 rings (SSSR count). The Labute approximate surface area is 170 Å². The molecule has 0 bridgehead atoms. The molecule has 9 heteroatoms. The number of aromatic carboxylic acids is 1. The van der Waals surface area contributed by atoms with Crippen LogP contribution in [0.25, 0.3) is 10.9 Å². The Balaban J connectivity index is 1.68. The van der Waals surface area contributed by atoms with E-state index in [1.807, 2.05) is 12.1 Å². The molecule has 0 aliphatic carbocycles. The zero-order valence-corrected chi connectivity index (χ0v) is 15.9. The Hall–Kier alpha value is -2.84. The van der Waals surface area contributed by atoms with Crippen LogP contribution in [0.15, 0.2) is 48.8 Å². The summed E-state index contributed by atoms with van der Waals surface area (Å²) >= 11 is 5.98. The summed E-state index contributed by atoms with van der Waals surface area (Å²) in [6.45, 7) is -0.264. The second kappa shape index (κ2) is 7.53. The van der Waals surface area contributed by atoms with Crippen LogP contribution in [0.3, 0.4) is 0 Å². The van der Waals surface area contributed by atoms with E-state index in [4.69, 9.17) is 11.6 Å². The van der Waals surface area contributed by atoms with E-state index in [0.29, 0.717) is 28.3 Å². The summed E-state index contributed by atoms with van der Waals surface area (Å²) in [7, 11) is 0. The van der Waals surface area contributed by atoms with Crippen molar-refractivity contribution in [2.24, 2.45) is 0 Å². The van der Waals surface area contributed by atoms with E-state index in [9.17, 15) is 18.7 Å². The molecule has 1 aromatic heterocycles. The quantitative estimate of drug-likeness (QED) is 0.628. The molecule has 1 fully saturated rings. The largest absolute Gasteiger partial charge is 0.478 e. The number of halogens is 3. The number of aromatic nitrogens is 2. The third-order valence-corrected chi connectivity index (χ3v) is 5.08. The van der Waals surface area contributed by atoms with Gasteiger partial charge in [-0.3, -0.25) is 4.90 Å². The van der Waals surface area contributed by atoms with Crippen LogP contribution < -0.4 is 5.32 Å². The number of para-hydroxylation sites is 1. The van der Waals surface area contributed by atoms with Gasteiger partial charge in [0.25, 0.3) is 5.92 Å². The van der Waals surface area contributed by atoms with Crippen LogP contribution in [0.1, 0.15) is 22.0 Å². The van der Waals surface area contributed by atoms with Crippen molar-refractivity contribution in [2.75, 3.05) is 25.0 Å².